The van der Waals surface area contributed by atoms with Gasteiger partial charge in [-0.25, -0.2) is 0 Å². The van der Waals surface area contributed by atoms with Crippen molar-refractivity contribution in [3.63, 3.8) is 0 Å². The first-order valence-corrected chi connectivity index (χ1v) is 7.63. The molecule has 0 radical (unpaired) electrons. The van der Waals surface area contributed by atoms with Crippen LogP contribution in [0.1, 0.15) is 52.2 Å². The average molecular weight is 276 g/mol. The molecule has 20 heavy (non-hydrogen) atoms. The van der Waals surface area contributed by atoms with Crippen LogP contribution in [0.4, 0.5) is 0 Å². The minimum Gasteiger partial charge on any atom is -0.490 e. The van der Waals surface area contributed by atoms with E-state index in [1.54, 1.807) is 0 Å². The maximum Gasteiger partial charge on any atom is 0.167 e. The molecule has 0 amide bonds. The van der Waals surface area contributed by atoms with Crippen molar-refractivity contribution >= 4 is 0 Å². The molecule has 3 atom stereocenters. The first-order valence-electron chi connectivity index (χ1n) is 7.63. The van der Waals surface area contributed by atoms with Crippen LogP contribution in [0, 0.1) is 5.92 Å². The van der Waals surface area contributed by atoms with Gasteiger partial charge in [-0.05, 0) is 46.6 Å². The van der Waals surface area contributed by atoms with Gasteiger partial charge in [0, 0.05) is 11.5 Å². The van der Waals surface area contributed by atoms with E-state index in [1.165, 1.54) is 0 Å². The fourth-order valence-corrected chi connectivity index (χ4v) is 3.45. The molecule has 3 rings (SSSR count). The second-order valence-electron chi connectivity index (χ2n) is 6.36. The van der Waals surface area contributed by atoms with Crippen molar-refractivity contribution in [2.45, 2.75) is 58.3 Å². The van der Waals surface area contributed by atoms with Crippen LogP contribution in [0.25, 0.3) is 0 Å². The molecule has 0 aromatic heterocycles. The zero-order valence-corrected chi connectivity index (χ0v) is 12.8. The van der Waals surface area contributed by atoms with Gasteiger partial charge < -0.3 is 14.2 Å². The van der Waals surface area contributed by atoms with Crippen LogP contribution in [-0.4, -0.2) is 18.3 Å². The molecular weight excluding hydrogens is 252 g/mol. The van der Waals surface area contributed by atoms with Gasteiger partial charge in [-0.15, -0.1) is 0 Å². The van der Waals surface area contributed by atoms with Crippen molar-refractivity contribution in [3.8, 4) is 11.5 Å². The smallest absolute Gasteiger partial charge is 0.167 e. The molecule has 0 aliphatic carbocycles. The van der Waals surface area contributed by atoms with Crippen molar-refractivity contribution in [1.82, 2.24) is 0 Å². The summed E-state index contributed by atoms with van der Waals surface area (Å²) >= 11 is 0. The summed E-state index contributed by atoms with van der Waals surface area (Å²) in [5.74, 6) is 2.11. The highest BCUT2D eigenvalue weighted by Gasteiger charge is 2.47. The lowest BCUT2D eigenvalue weighted by molar-refractivity contribution is -0.145. The molecule has 1 aromatic carbocycles. The Morgan fingerprint density at radius 2 is 2.10 bits per heavy atom. The van der Waals surface area contributed by atoms with Gasteiger partial charge in [0.15, 0.2) is 11.5 Å². The molecule has 0 saturated carbocycles. The van der Waals surface area contributed by atoms with Crippen LogP contribution in [-0.2, 0) is 4.74 Å². The molecule has 2 aliphatic rings. The summed E-state index contributed by atoms with van der Waals surface area (Å²) in [4.78, 5) is 0. The van der Waals surface area contributed by atoms with E-state index in [1.807, 2.05) is 19.1 Å². The van der Waals surface area contributed by atoms with Gasteiger partial charge in [0.2, 0.25) is 0 Å². The van der Waals surface area contributed by atoms with E-state index >= 15 is 0 Å². The van der Waals surface area contributed by atoms with E-state index in [2.05, 4.69) is 26.8 Å². The summed E-state index contributed by atoms with van der Waals surface area (Å²) in [5, 5.41) is 0. The lowest BCUT2D eigenvalue weighted by atomic mass is 9.75. The molecule has 3 nitrogen and oxygen atoms in total. The SMILES string of the molecule is CCOc1cccc2c1OC(C)(C)[C@H]1CC[C@H](C)O[C@H]21. The Morgan fingerprint density at radius 3 is 2.85 bits per heavy atom. The Balaban J connectivity index is 2.06. The molecule has 110 valence electrons. The van der Waals surface area contributed by atoms with E-state index in [0.717, 1.165) is 29.9 Å². The Labute approximate surface area is 121 Å². The highest BCUT2D eigenvalue weighted by atomic mass is 16.5. The predicted molar refractivity (Wildman–Crippen MR) is 78.3 cm³/mol. The van der Waals surface area contributed by atoms with Crippen LogP contribution in [0.2, 0.25) is 0 Å². The van der Waals surface area contributed by atoms with Gasteiger partial charge in [0.25, 0.3) is 0 Å². The van der Waals surface area contributed by atoms with Crippen LogP contribution in [0.15, 0.2) is 18.2 Å². The third-order valence-corrected chi connectivity index (χ3v) is 4.50. The number of hydrogen-bond acceptors (Lipinski definition) is 3. The minimum atomic E-state index is -0.217. The summed E-state index contributed by atoms with van der Waals surface area (Å²) < 4.78 is 18.3. The third kappa shape index (κ3) is 2.18. The second-order valence-corrected chi connectivity index (χ2v) is 6.36. The second kappa shape index (κ2) is 4.96. The first-order chi connectivity index (χ1) is 9.53. The maximum atomic E-state index is 6.30. The van der Waals surface area contributed by atoms with E-state index in [0.29, 0.717) is 18.6 Å². The number of benzene rings is 1. The van der Waals surface area contributed by atoms with Gasteiger partial charge in [0.1, 0.15) is 5.60 Å². The van der Waals surface area contributed by atoms with Gasteiger partial charge in [-0.3, -0.25) is 0 Å². The topological polar surface area (TPSA) is 27.7 Å². The van der Waals surface area contributed by atoms with Crippen molar-refractivity contribution in [3.05, 3.63) is 23.8 Å². The molecule has 2 aliphatic heterocycles. The van der Waals surface area contributed by atoms with Crippen LogP contribution in [0.5, 0.6) is 11.5 Å². The number of para-hydroxylation sites is 1. The summed E-state index contributed by atoms with van der Waals surface area (Å²) in [6.45, 7) is 9.12. The fourth-order valence-electron chi connectivity index (χ4n) is 3.45. The molecule has 1 fully saturated rings. The molecule has 0 N–H and O–H groups in total. The molecule has 0 bridgehead atoms. The monoisotopic (exact) mass is 276 g/mol. The highest BCUT2D eigenvalue weighted by Crippen LogP contribution is 2.53. The molecule has 0 spiro atoms. The van der Waals surface area contributed by atoms with E-state index in [9.17, 15) is 0 Å². The summed E-state index contributed by atoms with van der Waals surface area (Å²) in [7, 11) is 0. The normalized spacial score (nSPS) is 30.9. The van der Waals surface area contributed by atoms with Crippen molar-refractivity contribution in [2.75, 3.05) is 6.61 Å². The fraction of sp³-hybridized carbons (Fsp3) is 0.647. The zero-order valence-electron chi connectivity index (χ0n) is 12.8. The lowest BCUT2D eigenvalue weighted by Crippen LogP contribution is -2.48. The van der Waals surface area contributed by atoms with E-state index in [4.69, 9.17) is 14.2 Å². The quantitative estimate of drug-likeness (QED) is 0.813. The summed E-state index contributed by atoms with van der Waals surface area (Å²) in [6.07, 6.45) is 2.69. The predicted octanol–water partition coefficient (Wildman–Crippen LogP) is 4.11. The van der Waals surface area contributed by atoms with Crippen LogP contribution in [0.3, 0.4) is 0 Å². The van der Waals surface area contributed by atoms with Gasteiger partial charge in [0.05, 0.1) is 18.8 Å². The van der Waals surface area contributed by atoms with Crippen molar-refractivity contribution < 1.29 is 14.2 Å². The number of fused-ring (bicyclic) bond motifs is 3. The Hall–Kier alpha value is -1.22. The molecular formula is C17H24O3. The number of hydrogen-bond donors (Lipinski definition) is 0. The van der Waals surface area contributed by atoms with Gasteiger partial charge in [-0.2, -0.15) is 0 Å². The largest absolute Gasteiger partial charge is 0.490 e. The van der Waals surface area contributed by atoms with Crippen LogP contribution >= 0.6 is 0 Å². The molecule has 2 heterocycles. The Bertz CT molecular complexity index is 495. The van der Waals surface area contributed by atoms with Crippen molar-refractivity contribution in [1.29, 1.82) is 0 Å². The van der Waals surface area contributed by atoms with Crippen LogP contribution < -0.4 is 9.47 Å². The van der Waals surface area contributed by atoms with Gasteiger partial charge in [-0.1, -0.05) is 12.1 Å². The maximum absolute atomic E-state index is 6.30. The summed E-state index contributed by atoms with van der Waals surface area (Å²) in [5.41, 5.74) is 0.928. The third-order valence-electron chi connectivity index (χ3n) is 4.50. The lowest BCUT2D eigenvalue weighted by Gasteiger charge is -2.48. The Kier molecular flexibility index (Phi) is 3.41. The number of ether oxygens (including phenoxy) is 3. The van der Waals surface area contributed by atoms with Crippen molar-refractivity contribution in [2.24, 2.45) is 5.92 Å². The standard InChI is InChI=1S/C17H24O3/c1-5-18-14-8-6-7-12-15-13(10-9-11(2)19-15)17(3,4)20-16(12)14/h6-8,11,13,15H,5,9-10H2,1-4H3/t11-,13-,15+/m0/s1. The minimum absolute atomic E-state index is 0.123. The molecule has 0 unspecified atom stereocenters. The van der Waals surface area contributed by atoms with E-state index < -0.39 is 0 Å². The highest BCUT2D eigenvalue weighted by molar-refractivity contribution is 5.50. The molecule has 3 heteroatoms. The molecule has 1 saturated heterocycles. The average Bonchev–Trinajstić information content (AvgIpc) is 2.39. The first kappa shape index (κ1) is 13.7. The van der Waals surface area contributed by atoms with E-state index in [-0.39, 0.29) is 11.7 Å². The molecule has 1 aromatic rings. The number of rotatable bonds is 2. The Morgan fingerprint density at radius 1 is 1.30 bits per heavy atom. The summed E-state index contributed by atoms with van der Waals surface area (Å²) in [6, 6.07) is 6.12. The zero-order chi connectivity index (χ0) is 14.3. The van der Waals surface area contributed by atoms with Gasteiger partial charge >= 0.3 is 0 Å².